The molecule has 6 rings (SSSR count). The Balaban J connectivity index is 1.55. The van der Waals surface area contributed by atoms with Gasteiger partial charge in [-0.15, -0.1) is 0 Å². The summed E-state index contributed by atoms with van der Waals surface area (Å²) in [6, 6.07) is 6.35. The Morgan fingerprint density at radius 1 is 1.00 bits per heavy atom. The molecule has 5 heterocycles. The molecule has 3 aromatic heterocycles. The third kappa shape index (κ3) is 4.18. The average Bonchev–Trinajstić information content (AvgIpc) is 3.56. The number of aromatic nitrogens is 6. The number of hydrogen-bond donors (Lipinski definition) is 0. The molecule has 2 aliphatic heterocycles. The number of amides is 1. The Hall–Kier alpha value is -3.92. The van der Waals surface area contributed by atoms with Crippen LogP contribution in [0.15, 0.2) is 24.4 Å². The molecule has 0 N–H and O–H groups in total. The Bertz CT molecular complexity index is 1540. The van der Waals surface area contributed by atoms with E-state index in [1.54, 1.807) is 14.3 Å². The van der Waals surface area contributed by atoms with Crippen molar-refractivity contribution < 1.29 is 14.3 Å². The third-order valence-corrected chi connectivity index (χ3v) is 7.46. The second-order valence-corrected chi connectivity index (χ2v) is 10.1. The zero-order chi connectivity index (χ0) is 26.4. The number of hydrogen-bond acceptors (Lipinski definition) is 6. The molecule has 0 aliphatic carbocycles. The fourth-order valence-corrected chi connectivity index (χ4v) is 5.43. The predicted molar refractivity (Wildman–Crippen MR) is 145 cm³/mol. The minimum absolute atomic E-state index is 0.0747. The van der Waals surface area contributed by atoms with Gasteiger partial charge in [0.05, 0.1) is 35.3 Å². The Kier molecular flexibility index (Phi) is 6.27. The van der Waals surface area contributed by atoms with Gasteiger partial charge in [-0.05, 0) is 62.5 Å². The number of aryl methyl sites for hydroxylation is 3. The van der Waals surface area contributed by atoms with E-state index in [1.807, 2.05) is 51.1 Å². The van der Waals surface area contributed by atoms with Crippen LogP contribution in [0.1, 0.15) is 59.4 Å². The summed E-state index contributed by atoms with van der Waals surface area (Å²) in [5, 5.41) is 15.0. The number of nitrogens with zero attached hydrogens (tertiary/aromatic N) is 7. The largest absolute Gasteiger partial charge is 0.477 e. The van der Waals surface area contributed by atoms with E-state index in [1.165, 1.54) is 0 Å². The molecule has 198 valence electrons. The molecule has 10 nitrogen and oxygen atoms in total. The predicted octanol–water partition coefficient (Wildman–Crippen LogP) is 4.20. The van der Waals surface area contributed by atoms with E-state index in [0.29, 0.717) is 31.1 Å². The lowest BCUT2D eigenvalue weighted by Crippen LogP contribution is -2.30. The van der Waals surface area contributed by atoms with E-state index in [9.17, 15) is 4.79 Å². The van der Waals surface area contributed by atoms with Crippen LogP contribution in [0, 0.1) is 6.92 Å². The normalized spacial score (nSPS) is 19.4. The molecule has 1 unspecified atom stereocenters. The molecule has 0 spiro atoms. The molecule has 2 bridgehead atoms. The number of fused-ring (bicyclic) bond motifs is 4. The zero-order valence-electron chi connectivity index (χ0n) is 22.3. The SMILES string of the molecule is Cc1nn(C)c2c1/C=C/c1nn(C3CCCCO3)c3ccc(cc13)-c1cnn(C)c1OCCCN(C)C2=O. The number of carbonyl (C=O) groups is 1. The summed E-state index contributed by atoms with van der Waals surface area (Å²) in [5.74, 6) is 0.629. The Morgan fingerprint density at radius 2 is 1.87 bits per heavy atom. The van der Waals surface area contributed by atoms with Gasteiger partial charge >= 0.3 is 0 Å². The van der Waals surface area contributed by atoms with Crippen LogP contribution in [-0.4, -0.2) is 67.0 Å². The van der Waals surface area contributed by atoms with Crippen LogP contribution < -0.4 is 4.74 Å². The number of rotatable bonds is 1. The van der Waals surface area contributed by atoms with Crippen molar-refractivity contribution in [2.75, 3.05) is 26.8 Å². The van der Waals surface area contributed by atoms with Gasteiger partial charge in [0.2, 0.25) is 5.88 Å². The van der Waals surface area contributed by atoms with Gasteiger partial charge in [-0.2, -0.15) is 15.3 Å². The lowest BCUT2D eigenvalue weighted by Gasteiger charge is -2.23. The van der Waals surface area contributed by atoms with Crippen LogP contribution in [0.25, 0.3) is 34.2 Å². The van der Waals surface area contributed by atoms with E-state index in [-0.39, 0.29) is 12.1 Å². The maximum Gasteiger partial charge on any atom is 0.272 e. The molecule has 4 aromatic rings. The second-order valence-electron chi connectivity index (χ2n) is 10.1. The molecule has 0 radical (unpaired) electrons. The highest BCUT2D eigenvalue weighted by Crippen LogP contribution is 2.35. The summed E-state index contributed by atoms with van der Waals surface area (Å²) >= 11 is 0. The number of ether oxygens (including phenoxy) is 2. The smallest absolute Gasteiger partial charge is 0.272 e. The van der Waals surface area contributed by atoms with Crippen molar-refractivity contribution in [3.05, 3.63) is 47.0 Å². The number of benzene rings is 1. The van der Waals surface area contributed by atoms with Crippen molar-refractivity contribution in [1.29, 1.82) is 0 Å². The fourth-order valence-electron chi connectivity index (χ4n) is 5.43. The Labute approximate surface area is 221 Å². The zero-order valence-corrected chi connectivity index (χ0v) is 22.3. The summed E-state index contributed by atoms with van der Waals surface area (Å²) in [4.78, 5) is 15.2. The van der Waals surface area contributed by atoms with E-state index in [0.717, 1.165) is 64.9 Å². The van der Waals surface area contributed by atoms with Gasteiger partial charge in [0.15, 0.2) is 6.23 Å². The van der Waals surface area contributed by atoms with Crippen molar-refractivity contribution in [3.8, 4) is 17.0 Å². The minimum atomic E-state index is -0.100. The Morgan fingerprint density at radius 3 is 2.68 bits per heavy atom. The highest BCUT2D eigenvalue weighted by Gasteiger charge is 2.24. The average molecular weight is 516 g/mol. The van der Waals surface area contributed by atoms with Crippen LogP contribution in [-0.2, 0) is 18.8 Å². The molecule has 1 saturated heterocycles. The summed E-state index contributed by atoms with van der Waals surface area (Å²) in [5.41, 5.74) is 5.91. The molecule has 1 amide bonds. The summed E-state index contributed by atoms with van der Waals surface area (Å²) in [6.07, 6.45) is 9.48. The monoisotopic (exact) mass is 515 g/mol. The summed E-state index contributed by atoms with van der Waals surface area (Å²) < 4.78 is 17.7. The van der Waals surface area contributed by atoms with Crippen LogP contribution in [0.4, 0.5) is 0 Å². The van der Waals surface area contributed by atoms with Crippen LogP contribution >= 0.6 is 0 Å². The van der Waals surface area contributed by atoms with Crippen LogP contribution in [0.2, 0.25) is 0 Å². The van der Waals surface area contributed by atoms with Gasteiger partial charge in [0.1, 0.15) is 5.69 Å². The minimum Gasteiger partial charge on any atom is -0.477 e. The second kappa shape index (κ2) is 9.75. The first-order valence-electron chi connectivity index (χ1n) is 13.2. The quantitative estimate of drug-likeness (QED) is 0.377. The molecule has 0 saturated carbocycles. The van der Waals surface area contributed by atoms with Crippen molar-refractivity contribution in [2.24, 2.45) is 14.1 Å². The fraction of sp³-hybridized carbons (Fsp3) is 0.429. The van der Waals surface area contributed by atoms with Crippen molar-refractivity contribution in [3.63, 3.8) is 0 Å². The highest BCUT2D eigenvalue weighted by molar-refractivity contribution is 5.99. The topological polar surface area (TPSA) is 92.2 Å². The lowest BCUT2D eigenvalue weighted by atomic mass is 10.0. The van der Waals surface area contributed by atoms with E-state index in [4.69, 9.17) is 14.6 Å². The van der Waals surface area contributed by atoms with Crippen molar-refractivity contribution in [1.82, 2.24) is 34.2 Å². The van der Waals surface area contributed by atoms with E-state index < -0.39 is 0 Å². The molecule has 1 fully saturated rings. The van der Waals surface area contributed by atoms with E-state index in [2.05, 4.69) is 28.4 Å². The summed E-state index contributed by atoms with van der Waals surface area (Å²) in [7, 11) is 5.51. The molecule has 38 heavy (non-hydrogen) atoms. The summed E-state index contributed by atoms with van der Waals surface area (Å²) in [6.45, 7) is 3.68. The third-order valence-electron chi connectivity index (χ3n) is 7.46. The highest BCUT2D eigenvalue weighted by atomic mass is 16.5. The van der Waals surface area contributed by atoms with Gasteiger partial charge in [-0.25, -0.2) is 9.36 Å². The molecular weight excluding hydrogens is 482 g/mol. The number of carbonyl (C=O) groups excluding carboxylic acids is 1. The van der Waals surface area contributed by atoms with Gasteiger partial charge in [-0.1, -0.05) is 6.07 Å². The standard InChI is InChI=1S/C28H33N7O3/c1-18-20-10-11-23-21-16-19(9-12-24(21)35(31-23)25-8-5-6-14-37-25)22-17-29-34(4)28(22)38-15-7-13-32(2)27(36)26(20)33(3)30-18/h9-12,16-17,25H,5-8,13-15H2,1-4H3/b11-10+. The van der Waals surface area contributed by atoms with Gasteiger partial charge in [-0.3, -0.25) is 9.48 Å². The first-order chi connectivity index (χ1) is 18.4. The van der Waals surface area contributed by atoms with Gasteiger partial charge < -0.3 is 14.4 Å². The first kappa shape index (κ1) is 24.4. The van der Waals surface area contributed by atoms with Crippen LogP contribution in [0.3, 0.4) is 0 Å². The molecule has 1 atom stereocenters. The first-order valence-corrected chi connectivity index (χ1v) is 13.2. The van der Waals surface area contributed by atoms with Gasteiger partial charge in [0.25, 0.3) is 5.91 Å². The lowest BCUT2D eigenvalue weighted by molar-refractivity contribution is -0.0367. The maximum absolute atomic E-state index is 13.5. The van der Waals surface area contributed by atoms with Crippen LogP contribution in [0.5, 0.6) is 5.88 Å². The van der Waals surface area contributed by atoms with Crippen molar-refractivity contribution in [2.45, 2.75) is 38.8 Å². The van der Waals surface area contributed by atoms with E-state index >= 15 is 0 Å². The molecule has 10 heteroatoms. The molecule has 2 aliphatic rings. The maximum atomic E-state index is 13.5. The van der Waals surface area contributed by atoms with Crippen molar-refractivity contribution >= 4 is 29.0 Å². The molecular formula is C28H33N7O3. The van der Waals surface area contributed by atoms with Gasteiger partial charge in [0, 0.05) is 45.2 Å². The molecule has 1 aromatic carbocycles.